The number of pyridine rings is 1. The summed E-state index contributed by atoms with van der Waals surface area (Å²) in [6, 6.07) is 3.44. The Morgan fingerprint density at radius 2 is 2.31 bits per heavy atom. The van der Waals surface area contributed by atoms with E-state index in [0.717, 1.165) is 5.69 Å². The van der Waals surface area contributed by atoms with E-state index in [1.54, 1.807) is 12.1 Å². The van der Waals surface area contributed by atoms with E-state index in [9.17, 15) is 4.79 Å². The molecule has 0 atom stereocenters. The fourth-order valence-electron chi connectivity index (χ4n) is 0.842. The van der Waals surface area contributed by atoms with Crippen LogP contribution in [0.4, 0.5) is 0 Å². The fraction of sp³-hybridized carbons (Fsp3) is 0.250. The lowest BCUT2D eigenvalue weighted by Gasteiger charge is -2.03. The van der Waals surface area contributed by atoms with Gasteiger partial charge in [0.25, 0.3) is 5.91 Å². The molecule has 0 unspecified atom stereocenters. The fourth-order valence-corrected chi connectivity index (χ4v) is 1.43. The number of nitrogens with one attached hydrogen (secondary N) is 1. The number of hydrogen-bond acceptors (Lipinski definition) is 3. The van der Waals surface area contributed by atoms with Gasteiger partial charge in [-0.1, -0.05) is 0 Å². The van der Waals surface area contributed by atoms with Crippen LogP contribution in [0.3, 0.4) is 0 Å². The Labute approximate surface area is 84.4 Å². The van der Waals surface area contributed by atoms with Gasteiger partial charge in [0.05, 0.1) is 12.7 Å². The van der Waals surface area contributed by atoms with Crippen molar-refractivity contribution >= 4 is 21.8 Å². The lowest BCUT2D eigenvalue weighted by molar-refractivity contribution is 0.0536. The monoisotopic (exact) mass is 244 g/mol. The molecule has 0 aliphatic rings. The van der Waals surface area contributed by atoms with E-state index in [4.69, 9.17) is 0 Å². The van der Waals surface area contributed by atoms with Crippen LogP contribution in [-0.2, 0) is 4.84 Å². The highest BCUT2D eigenvalue weighted by Gasteiger charge is 2.09. The summed E-state index contributed by atoms with van der Waals surface area (Å²) in [7, 11) is 1.38. The van der Waals surface area contributed by atoms with E-state index in [1.807, 2.05) is 6.92 Å². The molecule has 0 aromatic carbocycles. The number of carbonyl (C=O) groups excluding carboxylic acids is 1. The molecule has 13 heavy (non-hydrogen) atoms. The number of carbonyl (C=O) groups is 1. The van der Waals surface area contributed by atoms with Crippen LogP contribution < -0.4 is 5.48 Å². The average molecular weight is 245 g/mol. The van der Waals surface area contributed by atoms with Gasteiger partial charge < -0.3 is 0 Å². The quantitative estimate of drug-likeness (QED) is 0.633. The number of rotatable bonds is 2. The second-order valence-electron chi connectivity index (χ2n) is 2.43. The molecular formula is C8H9BrN2O2. The molecule has 1 heterocycles. The van der Waals surface area contributed by atoms with E-state index in [-0.39, 0.29) is 5.91 Å². The van der Waals surface area contributed by atoms with E-state index < -0.39 is 0 Å². The first-order valence-corrected chi connectivity index (χ1v) is 4.41. The molecule has 5 heteroatoms. The van der Waals surface area contributed by atoms with Crippen LogP contribution >= 0.6 is 15.9 Å². The maximum absolute atomic E-state index is 11.3. The predicted molar refractivity (Wildman–Crippen MR) is 51.1 cm³/mol. The minimum absolute atomic E-state index is 0.318. The van der Waals surface area contributed by atoms with Crippen LogP contribution in [0, 0.1) is 6.92 Å². The normalized spacial score (nSPS) is 9.77. The first kappa shape index (κ1) is 10.1. The van der Waals surface area contributed by atoms with Crippen molar-refractivity contribution in [2.75, 3.05) is 7.11 Å². The Hall–Kier alpha value is -0.940. The van der Waals surface area contributed by atoms with E-state index in [2.05, 4.69) is 31.2 Å². The van der Waals surface area contributed by atoms with Crippen molar-refractivity contribution in [3.63, 3.8) is 0 Å². The molecule has 0 saturated carbocycles. The highest BCUT2D eigenvalue weighted by Crippen LogP contribution is 2.13. The Balaban J connectivity index is 2.95. The highest BCUT2D eigenvalue weighted by molar-refractivity contribution is 9.10. The van der Waals surface area contributed by atoms with Gasteiger partial charge in [-0.3, -0.25) is 9.63 Å². The van der Waals surface area contributed by atoms with Gasteiger partial charge in [-0.25, -0.2) is 10.5 Å². The summed E-state index contributed by atoms with van der Waals surface area (Å²) in [5, 5.41) is 0. The summed E-state index contributed by atoms with van der Waals surface area (Å²) < 4.78 is 0.516. The molecular weight excluding hydrogens is 236 g/mol. The summed E-state index contributed by atoms with van der Waals surface area (Å²) in [4.78, 5) is 19.8. The summed E-state index contributed by atoms with van der Waals surface area (Å²) in [5.41, 5.74) is 3.51. The zero-order valence-electron chi connectivity index (χ0n) is 7.30. The summed E-state index contributed by atoms with van der Waals surface area (Å²) in [5.74, 6) is -0.318. The van der Waals surface area contributed by atoms with Gasteiger partial charge in [-0.2, -0.15) is 0 Å². The van der Waals surface area contributed by atoms with Crippen molar-refractivity contribution in [3.05, 3.63) is 28.0 Å². The van der Waals surface area contributed by atoms with Gasteiger partial charge in [0.15, 0.2) is 0 Å². The van der Waals surface area contributed by atoms with Crippen molar-refractivity contribution < 1.29 is 9.63 Å². The third-order valence-electron chi connectivity index (χ3n) is 1.43. The zero-order valence-corrected chi connectivity index (χ0v) is 8.88. The molecule has 1 N–H and O–H groups in total. The van der Waals surface area contributed by atoms with Crippen LogP contribution in [0.1, 0.15) is 16.1 Å². The van der Waals surface area contributed by atoms with E-state index in [1.165, 1.54) is 7.11 Å². The Kier molecular flexibility index (Phi) is 3.39. The lowest BCUT2D eigenvalue weighted by Crippen LogP contribution is -2.22. The van der Waals surface area contributed by atoms with Gasteiger partial charge in [0.2, 0.25) is 0 Å². The van der Waals surface area contributed by atoms with E-state index >= 15 is 0 Å². The summed E-state index contributed by atoms with van der Waals surface area (Å²) >= 11 is 3.19. The standard InChI is InChI=1S/C8H9BrN2O2/c1-5-3-4-6(7(9)10-5)8(12)11-13-2/h3-4H,1-2H3,(H,11,12). The van der Waals surface area contributed by atoms with Crippen molar-refractivity contribution in [2.45, 2.75) is 6.92 Å². The number of nitrogens with zero attached hydrogens (tertiary/aromatic N) is 1. The topological polar surface area (TPSA) is 51.2 Å². The van der Waals surface area contributed by atoms with Gasteiger partial charge in [0, 0.05) is 5.69 Å². The molecule has 0 saturated heterocycles. The molecule has 70 valence electrons. The van der Waals surface area contributed by atoms with Gasteiger partial charge in [0.1, 0.15) is 4.60 Å². The van der Waals surface area contributed by atoms with Crippen LogP contribution in [-0.4, -0.2) is 18.0 Å². The molecule has 0 radical (unpaired) electrons. The molecule has 1 aromatic rings. The molecule has 0 bridgehead atoms. The summed E-state index contributed by atoms with van der Waals surface area (Å²) in [6.07, 6.45) is 0. The third kappa shape index (κ3) is 2.50. The molecule has 0 aliphatic heterocycles. The van der Waals surface area contributed by atoms with Crippen LogP contribution in [0.25, 0.3) is 0 Å². The Bertz CT molecular complexity index is 328. The second kappa shape index (κ2) is 4.34. The number of amides is 1. The number of aromatic nitrogens is 1. The summed E-state index contributed by atoms with van der Waals surface area (Å²) in [6.45, 7) is 1.85. The van der Waals surface area contributed by atoms with Crippen LogP contribution in [0.15, 0.2) is 16.7 Å². The Morgan fingerprint density at radius 1 is 1.62 bits per heavy atom. The zero-order chi connectivity index (χ0) is 9.84. The first-order valence-electron chi connectivity index (χ1n) is 3.61. The molecule has 1 aromatic heterocycles. The van der Waals surface area contributed by atoms with Crippen molar-refractivity contribution in [3.8, 4) is 0 Å². The Morgan fingerprint density at radius 3 is 2.85 bits per heavy atom. The molecule has 0 aliphatic carbocycles. The number of aryl methyl sites for hydroxylation is 1. The highest BCUT2D eigenvalue weighted by atomic mass is 79.9. The predicted octanol–water partition coefficient (Wildman–Crippen LogP) is 1.44. The molecule has 0 spiro atoms. The van der Waals surface area contributed by atoms with Crippen molar-refractivity contribution in [1.29, 1.82) is 0 Å². The molecule has 0 fully saturated rings. The van der Waals surface area contributed by atoms with Crippen LogP contribution in [0.5, 0.6) is 0 Å². The van der Waals surface area contributed by atoms with Crippen molar-refractivity contribution in [2.24, 2.45) is 0 Å². The van der Waals surface area contributed by atoms with Gasteiger partial charge in [-0.05, 0) is 35.0 Å². The first-order chi connectivity index (χ1) is 6.15. The number of hydroxylamine groups is 1. The smallest absolute Gasteiger partial charge is 0.277 e. The molecule has 1 rings (SSSR count). The van der Waals surface area contributed by atoms with Crippen LogP contribution in [0.2, 0.25) is 0 Å². The van der Waals surface area contributed by atoms with Gasteiger partial charge in [-0.15, -0.1) is 0 Å². The maximum Gasteiger partial charge on any atom is 0.277 e. The molecule has 4 nitrogen and oxygen atoms in total. The average Bonchev–Trinajstić information content (AvgIpc) is 2.04. The minimum atomic E-state index is -0.318. The minimum Gasteiger partial charge on any atom is -0.277 e. The van der Waals surface area contributed by atoms with E-state index in [0.29, 0.717) is 10.2 Å². The van der Waals surface area contributed by atoms with Crippen molar-refractivity contribution in [1.82, 2.24) is 10.5 Å². The number of halogens is 1. The second-order valence-corrected chi connectivity index (χ2v) is 3.18. The largest absolute Gasteiger partial charge is 0.277 e. The molecule has 1 amide bonds. The maximum atomic E-state index is 11.3. The van der Waals surface area contributed by atoms with Gasteiger partial charge >= 0.3 is 0 Å². The number of hydrogen-bond donors (Lipinski definition) is 1. The SMILES string of the molecule is CONC(=O)c1ccc(C)nc1Br. The third-order valence-corrected chi connectivity index (χ3v) is 2.03. The lowest BCUT2D eigenvalue weighted by atomic mass is 10.2.